The number of carbonyl (C=O) groups excluding carboxylic acids is 7. The number of Topliss-reactive ketones (excluding diaryl/α,β-unsaturated/α-hetero) is 1. The van der Waals surface area contributed by atoms with Gasteiger partial charge in [0.15, 0.2) is 17.5 Å². The number of rotatable bonds is 17. The fourth-order valence-electron chi connectivity index (χ4n) is 11.7. The van der Waals surface area contributed by atoms with Crippen LogP contribution in [0, 0.1) is 16.7 Å². The van der Waals surface area contributed by atoms with Crippen LogP contribution in [-0.2, 0) is 42.9 Å². The van der Waals surface area contributed by atoms with Crippen LogP contribution in [0.2, 0.25) is 0 Å². The number of hydrogen-bond acceptors (Lipinski definition) is 15. The Bertz CT molecular complexity index is 2750. The number of aliphatic hydroxyl groups excluding tert-OH is 1. The lowest BCUT2D eigenvalue weighted by Gasteiger charge is -2.64. The second-order valence-corrected chi connectivity index (χ2v) is 19.5. The molecule has 16 nitrogen and oxygen atoms in total. The molecule has 0 aromatic heterocycles. The highest BCUT2D eigenvalue weighted by Crippen LogP contribution is 2.76. The number of hydrogen-bond donors (Lipinski definition) is 3. The van der Waals surface area contributed by atoms with Gasteiger partial charge in [0.25, 0.3) is 5.91 Å². The van der Waals surface area contributed by atoms with E-state index in [0.29, 0.717) is 23.0 Å². The second kappa shape index (κ2) is 20.2. The van der Waals surface area contributed by atoms with Crippen molar-refractivity contribution in [3.05, 3.63) is 149 Å². The first-order valence-corrected chi connectivity index (χ1v) is 24.1. The summed E-state index contributed by atoms with van der Waals surface area (Å²) in [6.45, 7) is 8.80. The van der Waals surface area contributed by atoms with Crippen molar-refractivity contribution < 1.29 is 72.2 Å². The van der Waals surface area contributed by atoms with Crippen molar-refractivity contribution in [1.82, 2.24) is 5.32 Å². The lowest BCUT2D eigenvalue weighted by molar-refractivity contribution is -0.304. The van der Waals surface area contributed by atoms with Gasteiger partial charge in [-0.25, -0.2) is 9.59 Å². The summed E-state index contributed by atoms with van der Waals surface area (Å²) >= 11 is 0. The number of nitrogens with one attached hydrogen (secondary N) is 1. The van der Waals surface area contributed by atoms with Crippen LogP contribution in [0.5, 0.6) is 5.75 Å². The highest BCUT2D eigenvalue weighted by Gasteiger charge is 2.82. The molecule has 72 heavy (non-hydrogen) atoms. The minimum Gasteiger partial charge on any atom is -0.476 e. The maximum Gasteiger partial charge on any atom is 0.350 e. The van der Waals surface area contributed by atoms with E-state index >= 15 is 9.59 Å². The minimum absolute atomic E-state index is 0.0677. The Labute approximate surface area is 417 Å². The van der Waals surface area contributed by atoms with Crippen LogP contribution < -0.4 is 10.1 Å². The molecule has 0 radical (unpaired) electrons. The third kappa shape index (κ3) is 8.89. The topological polar surface area (TPSA) is 227 Å². The Morgan fingerprint density at radius 2 is 1.44 bits per heavy atom. The lowest BCUT2D eigenvalue weighted by atomic mass is 9.42. The Balaban J connectivity index is 1.29. The van der Waals surface area contributed by atoms with Gasteiger partial charge in [0.05, 0.1) is 24.2 Å². The van der Waals surface area contributed by atoms with Crippen LogP contribution >= 0.6 is 0 Å². The van der Waals surface area contributed by atoms with E-state index in [1.165, 1.54) is 43.3 Å². The van der Waals surface area contributed by atoms with Crippen LogP contribution in [0.25, 0.3) is 0 Å². The molecule has 1 saturated heterocycles. The van der Waals surface area contributed by atoms with Gasteiger partial charge in [-0.2, -0.15) is 0 Å². The van der Waals surface area contributed by atoms with Crippen molar-refractivity contribution in [2.45, 2.75) is 121 Å². The molecule has 4 aromatic rings. The summed E-state index contributed by atoms with van der Waals surface area (Å²) in [5, 5.41) is 28.0. The van der Waals surface area contributed by atoms with Crippen LogP contribution in [-0.4, -0.2) is 106 Å². The number of amides is 1. The summed E-state index contributed by atoms with van der Waals surface area (Å²) < 4.78 is 37.8. The van der Waals surface area contributed by atoms with Gasteiger partial charge < -0.3 is 44.0 Å². The molecule has 3 aliphatic carbocycles. The SMILES string of the molecule is CCC(O)CC1OCC1(OC(C)=O)C1CC(=O)C(OC(C)=O)C2=C(C)C3(C)C(OC(=O)C(Oc4ccc(C=O)cc4)C(NC(=O)c4ccccc4)c4ccccc4)CC(O)(C1OC(=O)c1ccccc1)C23C. The molecule has 0 bridgehead atoms. The predicted molar refractivity (Wildman–Crippen MR) is 257 cm³/mol. The summed E-state index contributed by atoms with van der Waals surface area (Å²) in [4.78, 5) is 96.9. The molecule has 1 heterocycles. The third-order valence-corrected chi connectivity index (χ3v) is 15.6. The van der Waals surface area contributed by atoms with Crippen LogP contribution in [0.1, 0.15) is 110 Å². The molecule has 12 atom stereocenters. The van der Waals surface area contributed by atoms with Crippen molar-refractivity contribution in [2.75, 3.05) is 6.61 Å². The molecular weight excluding hydrogens is 927 g/mol. The molecule has 3 fully saturated rings. The highest BCUT2D eigenvalue weighted by atomic mass is 16.6. The zero-order valence-electron chi connectivity index (χ0n) is 40.9. The summed E-state index contributed by atoms with van der Waals surface area (Å²) in [7, 11) is 0. The Kier molecular flexibility index (Phi) is 14.4. The molecule has 1 amide bonds. The normalized spacial score (nSPS) is 29.5. The van der Waals surface area contributed by atoms with E-state index < -0.39 is 119 Å². The first-order chi connectivity index (χ1) is 34.3. The fraction of sp³-hybridized carbons (Fsp3) is 0.411. The zero-order chi connectivity index (χ0) is 51.8. The Hall–Kier alpha value is -7.01. The summed E-state index contributed by atoms with van der Waals surface area (Å²) in [6, 6.07) is 29.7. The van der Waals surface area contributed by atoms with E-state index in [-0.39, 0.29) is 41.9 Å². The monoisotopic (exact) mass is 985 g/mol. The number of ether oxygens (including phenoxy) is 6. The van der Waals surface area contributed by atoms with E-state index in [0.717, 1.165) is 6.92 Å². The second-order valence-electron chi connectivity index (χ2n) is 19.5. The number of aldehydes is 1. The highest BCUT2D eigenvalue weighted by molar-refractivity contribution is 5.95. The van der Waals surface area contributed by atoms with Crippen LogP contribution in [0.3, 0.4) is 0 Å². The average Bonchev–Trinajstić information content (AvgIpc) is 3.51. The van der Waals surface area contributed by atoms with Crippen LogP contribution in [0.4, 0.5) is 0 Å². The minimum atomic E-state index is -2.33. The zero-order valence-corrected chi connectivity index (χ0v) is 40.9. The first kappa shape index (κ1) is 51.3. The number of benzene rings is 4. The van der Waals surface area contributed by atoms with E-state index in [9.17, 15) is 34.2 Å². The molecular formula is C56H59NO15. The lowest BCUT2D eigenvalue weighted by Crippen LogP contribution is -2.75. The maximum atomic E-state index is 15.4. The van der Waals surface area contributed by atoms with Crippen molar-refractivity contribution in [3.8, 4) is 5.75 Å². The van der Waals surface area contributed by atoms with Gasteiger partial charge in [-0.15, -0.1) is 0 Å². The molecule has 4 aromatic carbocycles. The number of carbonyl (C=O) groups is 7. The van der Waals surface area contributed by atoms with Crippen LogP contribution in [0.15, 0.2) is 126 Å². The van der Waals surface area contributed by atoms with E-state index in [1.807, 2.05) is 0 Å². The molecule has 16 heteroatoms. The summed E-state index contributed by atoms with van der Waals surface area (Å²) in [6.07, 6.45) is -8.48. The predicted octanol–water partition coefficient (Wildman–Crippen LogP) is 6.42. The van der Waals surface area contributed by atoms with Gasteiger partial charge in [-0.05, 0) is 73.0 Å². The van der Waals surface area contributed by atoms with E-state index in [2.05, 4.69) is 5.32 Å². The molecule has 2 saturated carbocycles. The van der Waals surface area contributed by atoms with Gasteiger partial charge in [-0.3, -0.25) is 24.0 Å². The quantitative estimate of drug-likeness (QED) is 0.0449. The Morgan fingerprint density at radius 3 is 2.00 bits per heavy atom. The van der Waals surface area contributed by atoms with E-state index in [1.54, 1.807) is 107 Å². The van der Waals surface area contributed by atoms with Gasteiger partial charge in [-0.1, -0.05) is 93.1 Å². The van der Waals surface area contributed by atoms with Gasteiger partial charge in [0, 0.05) is 55.1 Å². The largest absolute Gasteiger partial charge is 0.476 e. The molecule has 378 valence electrons. The van der Waals surface area contributed by atoms with Crippen molar-refractivity contribution >= 4 is 41.9 Å². The molecule has 4 aliphatic rings. The summed E-state index contributed by atoms with van der Waals surface area (Å²) in [5.41, 5.74) is -5.41. The Morgan fingerprint density at radius 1 is 0.833 bits per heavy atom. The molecule has 12 unspecified atom stereocenters. The average molecular weight is 986 g/mol. The van der Waals surface area contributed by atoms with Crippen molar-refractivity contribution in [3.63, 3.8) is 0 Å². The smallest absolute Gasteiger partial charge is 0.350 e. The van der Waals surface area contributed by atoms with Gasteiger partial charge >= 0.3 is 23.9 Å². The molecule has 0 spiro atoms. The standard InChI is InChI=1S/C56H59NO15/c1-7-39(61)27-43-55(31-67-43,72-34(4)60)41-28-42(62)47(68-33(3)59)45-32(2)53(5)44(29-56(66,54(45,53)6)49(41)71-51(64)38-21-15-10-16-22-38)70-52(65)48(69-40-25-23-35(30-58)24-26-40)46(36-17-11-8-12-18-36)57-50(63)37-19-13-9-14-20-37/h8-26,30,39,41,43-44,46-49,61,66H,7,27-29,31H2,1-6H3,(H,57,63). The maximum absolute atomic E-state index is 15.4. The van der Waals surface area contributed by atoms with Gasteiger partial charge in [0.1, 0.15) is 42.0 Å². The molecule has 1 aliphatic heterocycles. The molecule has 8 rings (SSSR count). The number of aliphatic hydroxyl groups is 2. The number of ketones is 1. The third-order valence-electron chi connectivity index (χ3n) is 15.6. The van der Waals surface area contributed by atoms with E-state index in [4.69, 9.17) is 28.4 Å². The first-order valence-electron chi connectivity index (χ1n) is 24.1. The van der Waals surface area contributed by atoms with Crippen molar-refractivity contribution in [1.29, 1.82) is 0 Å². The summed E-state index contributed by atoms with van der Waals surface area (Å²) in [5.74, 6) is -5.95. The van der Waals surface area contributed by atoms with Crippen molar-refractivity contribution in [2.24, 2.45) is 16.7 Å². The van der Waals surface area contributed by atoms with Gasteiger partial charge in [0.2, 0.25) is 6.10 Å². The molecule has 3 N–H and O–H groups in total. The fourth-order valence-corrected chi connectivity index (χ4v) is 11.7. The number of esters is 4.